The van der Waals surface area contributed by atoms with Gasteiger partial charge in [0.05, 0.1) is 16.6 Å². The lowest BCUT2D eigenvalue weighted by atomic mass is 9.59. The lowest BCUT2D eigenvalue weighted by Gasteiger charge is -2.54. The van der Waals surface area contributed by atoms with Crippen LogP contribution in [0.4, 0.5) is 0 Å². The summed E-state index contributed by atoms with van der Waals surface area (Å²) < 4.78 is 0. The van der Waals surface area contributed by atoms with E-state index in [0.29, 0.717) is 22.2 Å². The number of benzene rings is 1. The van der Waals surface area contributed by atoms with Gasteiger partial charge in [0, 0.05) is 17.1 Å². The molecular weight excluding hydrogens is 397 g/mol. The maximum absolute atomic E-state index is 12.6. The van der Waals surface area contributed by atoms with E-state index in [2.05, 4.69) is 15.5 Å². The SMILES string of the molecule is CC(C)(C)NC(=O)CN1CCC2(CCC2NC(=O)c2ccc(Cl)c(Cl)c2)CC1. The number of amides is 2. The van der Waals surface area contributed by atoms with Crippen molar-refractivity contribution in [1.82, 2.24) is 15.5 Å². The molecule has 1 aliphatic carbocycles. The van der Waals surface area contributed by atoms with E-state index in [1.54, 1.807) is 18.2 Å². The second kappa shape index (κ2) is 8.21. The number of hydrogen-bond donors (Lipinski definition) is 2. The lowest BCUT2D eigenvalue weighted by Crippen LogP contribution is -2.59. The van der Waals surface area contributed by atoms with Crippen LogP contribution < -0.4 is 10.6 Å². The van der Waals surface area contributed by atoms with Gasteiger partial charge in [-0.3, -0.25) is 14.5 Å². The van der Waals surface area contributed by atoms with Crippen LogP contribution >= 0.6 is 23.2 Å². The minimum Gasteiger partial charge on any atom is -0.350 e. The first-order chi connectivity index (χ1) is 13.1. The maximum atomic E-state index is 12.6. The van der Waals surface area contributed by atoms with Crippen LogP contribution in [0.25, 0.3) is 0 Å². The van der Waals surface area contributed by atoms with Crippen molar-refractivity contribution >= 4 is 35.0 Å². The van der Waals surface area contributed by atoms with E-state index in [-0.39, 0.29) is 28.8 Å². The number of likely N-dealkylation sites (tertiary alicyclic amines) is 1. The summed E-state index contributed by atoms with van der Waals surface area (Å²) >= 11 is 12.0. The molecule has 7 heteroatoms. The van der Waals surface area contributed by atoms with Crippen LogP contribution in [0.3, 0.4) is 0 Å². The van der Waals surface area contributed by atoms with Crippen LogP contribution in [-0.2, 0) is 4.79 Å². The van der Waals surface area contributed by atoms with Crippen molar-refractivity contribution in [2.45, 2.75) is 58.0 Å². The fourth-order valence-corrected chi connectivity index (χ4v) is 4.52. The minimum atomic E-state index is -0.206. The van der Waals surface area contributed by atoms with Crippen molar-refractivity contribution in [3.05, 3.63) is 33.8 Å². The van der Waals surface area contributed by atoms with Crippen LogP contribution in [-0.4, -0.2) is 47.9 Å². The van der Waals surface area contributed by atoms with Gasteiger partial charge in [0.25, 0.3) is 5.91 Å². The van der Waals surface area contributed by atoms with E-state index >= 15 is 0 Å². The molecule has 1 aromatic carbocycles. The van der Waals surface area contributed by atoms with Gasteiger partial charge >= 0.3 is 0 Å². The highest BCUT2D eigenvalue weighted by Gasteiger charge is 2.48. The van der Waals surface area contributed by atoms with E-state index in [1.165, 1.54) is 0 Å². The highest BCUT2D eigenvalue weighted by Crippen LogP contribution is 2.49. The summed E-state index contributed by atoms with van der Waals surface area (Å²) in [5, 5.41) is 7.04. The zero-order chi connectivity index (χ0) is 20.5. The maximum Gasteiger partial charge on any atom is 0.251 e. The van der Waals surface area contributed by atoms with Gasteiger partial charge < -0.3 is 10.6 Å². The molecule has 0 bridgehead atoms. The number of hydrogen-bond acceptors (Lipinski definition) is 3. The summed E-state index contributed by atoms with van der Waals surface area (Å²) in [7, 11) is 0. The Hall–Kier alpha value is -1.30. The fraction of sp³-hybridized carbons (Fsp3) is 0.619. The molecule has 154 valence electrons. The topological polar surface area (TPSA) is 61.4 Å². The first kappa shape index (κ1) is 21.4. The Balaban J connectivity index is 1.52. The Morgan fingerprint density at radius 2 is 1.82 bits per heavy atom. The predicted molar refractivity (Wildman–Crippen MR) is 113 cm³/mol. The number of halogens is 2. The Morgan fingerprint density at radius 3 is 2.36 bits per heavy atom. The summed E-state index contributed by atoms with van der Waals surface area (Å²) in [6.07, 6.45) is 4.13. The highest BCUT2D eigenvalue weighted by atomic mass is 35.5. The Labute approximate surface area is 177 Å². The van der Waals surface area contributed by atoms with Gasteiger partial charge in [-0.1, -0.05) is 23.2 Å². The third-order valence-corrected chi connectivity index (χ3v) is 6.63. The van der Waals surface area contributed by atoms with E-state index in [1.807, 2.05) is 20.8 Å². The number of carbonyl (C=O) groups is 2. The molecule has 1 spiro atoms. The number of nitrogens with zero attached hydrogens (tertiary/aromatic N) is 1. The van der Waals surface area contributed by atoms with Crippen molar-refractivity contribution < 1.29 is 9.59 Å². The van der Waals surface area contributed by atoms with Crippen LogP contribution in [0.15, 0.2) is 18.2 Å². The molecule has 1 heterocycles. The molecule has 2 aliphatic rings. The zero-order valence-electron chi connectivity index (χ0n) is 16.8. The number of carbonyl (C=O) groups excluding carboxylic acids is 2. The molecule has 1 aliphatic heterocycles. The van der Waals surface area contributed by atoms with E-state index in [0.717, 1.165) is 38.8 Å². The molecule has 2 N–H and O–H groups in total. The second-order valence-electron chi connectivity index (χ2n) is 9.13. The lowest BCUT2D eigenvalue weighted by molar-refractivity contribution is -0.124. The standard InChI is InChI=1S/C21H29Cl2N3O2/c1-20(2,3)25-18(27)13-26-10-8-21(9-11-26)7-6-17(21)24-19(28)14-4-5-15(22)16(23)12-14/h4-5,12,17H,6-11,13H2,1-3H3,(H,24,28)(H,25,27). The quantitative estimate of drug-likeness (QED) is 0.768. The van der Waals surface area contributed by atoms with Gasteiger partial charge in [-0.2, -0.15) is 0 Å². The van der Waals surface area contributed by atoms with Crippen molar-refractivity contribution in [3.8, 4) is 0 Å². The van der Waals surface area contributed by atoms with E-state index < -0.39 is 0 Å². The summed E-state index contributed by atoms with van der Waals surface area (Å²) in [5.74, 6) is -0.0313. The molecule has 5 nitrogen and oxygen atoms in total. The molecule has 2 amide bonds. The van der Waals surface area contributed by atoms with Gasteiger partial charge in [-0.25, -0.2) is 0 Å². The molecule has 1 saturated heterocycles. The average Bonchev–Trinajstić information content (AvgIpc) is 2.60. The van der Waals surface area contributed by atoms with Gasteiger partial charge in [-0.15, -0.1) is 0 Å². The molecule has 3 rings (SSSR count). The van der Waals surface area contributed by atoms with Gasteiger partial charge in [0.15, 0.2) is 0 Å². The molecule has 1 saturated carbocycles. The molecule has 1 aromatic rings. The molecular formula is C21H29Cl2N3O2. The van der Waals surface area contributed by atoms with E-state index in [9.17, 15) is 9.59 Å². The van der Waals surface area contributed by atoms with Gasteiger partial charge in [0.2, 0.25) is 5.91 Å². The van der Waals surface area contributed by atoms with Gasteiger partial charge in [0.1, 0.15) is 0 Å². The number of rotatable bonds is 4. The van der Waals surface area contributed by atoms with Crippen molar-refractivity contribution in [2.24, 2.45) is 5.41 Å². The molecule has 1 atom stereocenters. The largest absolute Gasteiger partial charge is 0.350 e. The van der Waals surface area contributed by atoms with Crippen LogP contribution in [0, 0.1) is 5.41 Å². The third-order valence-electron chi connectivity index (χ3n) is 5.89. The Morgan fingerprint density at radius 1 is 1.14 bits per heavy atom. The molecule has 2 fully saturated rings. The zero-order valence-corrected chi connectivity index (χ0v) is 18.3. The first-order valence-electron chi connectivity index (χ1n) is 9.87. The molecule has 0 aromatic heterocycles. The minimum absolute atomic E-state index is 0.0709. The molecule has 28 heavy (non-hydrogen) atoms. The smallest absolute Gasteiger partial charge is 0.251 e. The summed E-state index contributed by atoms with van der Waals surface area (Å²) in [6, 6.07) is 5.14. The number of nitrogens with one attached hydrogen (secondary N) is 2. The van der Waals surface area contributed by atoms with E-state index in [4.69, 9.17) is 23.2 Å². The van der Waals surface area contributed by atoms with Gasteiger partial charge in [-0.05, 0) is 83.2 Å². The Bertz CT molecular complexity index is 753. The molecule has 1 unspecified atom stereocenters. The van der Waals surface area contributed by atoms with Crippen molar-refractivity contribution in [3.63, 3.8) is 0 Å². The van der Waals surface area contributed by atoms with Crippen LogP contribution in [0.1, 0.15) is 56.8 Å². The second-order valence-corrected chi connectivity index (χ2v) is 9.94. The molecule has 0 radical (unpaired) electrons. The summed E-state index contributed by atoms with van der Waals surface area (Å²) in [4.78, 5) is 27.0. The van der Waals surface area contributed by atoms with Crippen molar-refractivity contribution in [1.29, 1.82) is 0 Å². The third kappa shape index (κ3) is 5.00. The van der Waals surface area contributed by atoms with Crippen LogP contribution in [0.2, 0.25) is 10.0 Å². The summed E-state index contributed by atoms with van der Waals surface area (Å²) in [5.41, 5.74) is 0.484. The normalized spacial score (nSPS) is 21.8. The number of piperidine rings is 1. The average molecular weight is 426 g/mol. The summed E-state index contributed by atoms with van der Waals surface area (Å²) in [6.45, 7) is 8.18. The van der Waals surface area contributed by atoms with Crippen molar-refractivity contribution in [2.75, 3.05) is 19.6 Å². The fourth-order valence-electron chi connectivity index (χ4n) is 4.22. The monoisotopic (exact) mass is 425 g/mol. The first-order valence-corrected chi connectivity index (χ1v) is 10.6. The highest BCUT2D eigenvalue weighted by molar-refractivity contribution is 6.42. The predicted octanol–water partition coefficient (Wildman–Crippen LogP) is 3.88. The van der Waals surface area contributed by atoms with Crippen LogP contribution in [0.5, 0.6) is 0 Å². The Kier molecular flexibility index (Phi) is 6.28.